The Labute approximate surface area is 435 Å². The summed E-state index contributed by atoms with van der Waals surface area (Å²) in [7, 11) is -5.05. The van der Waals surface area contributed by atoms with Crippen LogP contribution in [0.2, 0.25) is 0 Å². The van der Waals surface area contributed by atoms with Crippen LogP contribution in [0, 0.1) is 0 Å². The Morgan fingerprint density at radius 2 is 0.819 bits per heavy atom. The molecule has 0 radical (unpaired) electrons. The largest absolute Gasteiger partial charge is 0.472 e. The van der Waals surface area contributed by atoms with Crippen molar-refractivity contribution in [2.45, 2.75) is 224 Å². The quantitative estimate of drug-likeness (QED) is 0.0147. The molecule has 0 aromatic rings. The van der Waals surface area contributed by atoms with Crippen molar-refractivity contribution in [3.8, 4) is 0 Å². The number of rotatable bonds is 45. The molecule has 1 rings (SSSR count). The average Bonchev–Trinajstić information content (AvgIpc) is 3.37. The number of carbonyl (C=O) groups is 1. The van der Waals surface area contributed by atoms with E-state index in [1.165, 1.54) is 38.5 Å². The van der Waals surface area contributed by atoms with Crippen molar-refractivity contribution >= 4 is 13.8 Å². The van der Waals surface area contributed by atoms with Gasteiger partial charge < -0.3 is 39.9 Å². The van der Waals surface area contributed by atoms with E-state index in [0.29, 0.717) is 13.0 Å². The second kappa shape index (κ2) is 47.5. The molecule has 1 saturated carbocycles. The molecule has 0 aliphatic heterocycles. The minimum absolute atomic E-state index is 0.121. The Morgan fingerprint density at radius 3 is 1.25 bits per heavy atom. The first-order valence-corrected chi connectivity index (χ1v) is 28.9. The number of aliphatic hydroxyl groups is 5. The number of allylic oxidation sites excluding steroid dienone is 20. The third-order valence-corrected chi connectivity index (χ3v) is 12.8. The molecular weight excluding hydrogens is 932 g/mol. The van der Waals surface area contributed by atoms with E-state index in [1.54, 1.807) is 0 Å². The number of hydrogen-bond acceptors (Lipinski definition) is 11. The van der Waals surface area contributed by atoms with Crippen molar-refractivity contribution in [1.82, 2.24) is 0 Å². The number of hydrogen-bond donors (Lipinski definition) is 6. The Morgan fingerprint density at radius 1 is 0.458 bits per heavy atom. The van der Waals surface area contributed by atoms with Crippen molar-refractivity contribution in [3.63, 3.8) is 0 Å². The summed E-state index contributed by atoms with van der Waals surface area (Å²) in [5.41, 5.74) is 0. The number of carbonyl (C=O) groups excluding carboxylic acids is 1. The van der Waals surface area contributed by atoms with Gasteiger partial charge in [-0.3, -0.25) is 13.8 Å². The molecule has 0 saturated heterocycles. The van der Waals surface area contributed by atoms with Gasteiger partial charge in [-0.1, -0.05) is 187 Å². The fourth-order valence-electron chi connectivity index (χ4n) is 7.52. The summed E-state index contributed by atoms with van der Waals surface area (Å²) in [4.78, 5) is 23.3. The molecule has 0 aromatic carbocycles. The molecule has 0 heterocycles. The lowest BCUT2D eigenvalue weighted by Gasteiger charge is -2.41. The maximum Gasteiger partial charge on any atom is 0.472 e. The number of unbranched alkanes of at least 4 members (excludes halogenated alkanes) is 13. The Balaban J connectivity index is 2.39. The molecule has 12 nitrogen and oxygen atoms in total. The van der Waals surface area contributed by atoms with Crippen molar-refractivity contribution in [3.05, 3.63) is 122 Å². The normalized spacial score (nSPS) is 21.6. The first kappa shape index (κ1) is 66.8. The van der Waals surface area contributed by atoms with E-state index < -0.39 is 63.1 Å². The average molecular weight is 1030 g/mol. The van der Waals surface area contributed by atoms with E-state index in [2.05, 4.69) is 135 Å². The number of ether oxygens (including phenoxy) is 2. The van der Waals surface area contributed by atoms with Crippen LogP contribution in [0.5, 0.6) is 0 Å². The van der Waals surface area contributed by atoms with Crippen molar-refractivity contribution < 1.29 is 58.3 Å². The van der Waals surface area contributed by atoms with E-state index in [1.807, 2.05) is 0 Å². The maximum atomic E-state index is 12.9. The second-order valence-electron chi connectivity index (χ2n) is 18.3. The lowest BCUT2D eigenvalue weighted by Crippen LogP contribution is -2.64. The molecule has 1 aliphatic carbocycles. The summed E-state index contributed by atoms with van der Waals surface area (Å²) in [5.74, 6) is -0.510. The van der Waals surface area contributed by atoms with Crippen LogP contribution < -0.4 is 0 Å². The van der Waals surface area contributed by atoms with Crippen molar-refractivity contribution in [2.75, 3.05) is 19.8 Å². The van der Waals surface area contributed by atoms with Crippen LogP contribution in [0.25, 0.3) is 0 Å². The minimum atomic E-state index is -5.05. The molecule has 6 N–H and O–H groups in total. The molecule has 1 fully saturated rings. The molecule has 13 heteroatoms. The van der Waals surface area contributed by atoms with Crippen LogP contribution in [0.3, 0.4) is 0 Å². The third-order valence-electron chi connectivity index (χ3n) is 11.8. The molecule has 0 spiro atoms. The molecule has 6 unspecified atom stereocenters. The fraction of sp³-hybridized carbons (Fsp3) is 0.644. The summed E-state index contributed by atoms with van der Waals surface area (Å²) in [6.45, 7) is 4.01. The highest BCUT2D eigenvalue weighted by Gasteiger charge is 2.51. The van der Waals surface area contributed by atoms with Gasteiger partial charge in [-0.15, -0.1) is 0 Å². The van der Waals surface area contributed by atoms with Gasteiger partial charge in [0.15, 0.2) is 0 Å². The first-order chi connectivity index (χ1) is 35.0. The molecule has 0 aromatic heterocycles. The lowest BCUT2D eigenvalue weighted by atomic mass is 9.85. The summed E-state index contributed by atoms with van der Waals surface area (Å²) in [6.07, 6.45) is 56.9. The zero-order valence-corrected chi connectivity index (χ0v) is 45.1. The van der Waals surface area contributed by atoms with Crippen LogP contribution in [0.4, 0.5) is 0 Å². The molecule has 6 atom stereocenters. The summed E-state index contributed by atoms with van der Waals surface area (Å²) >= 11 is 0. The van der Waals surface area contributed by atoms with E-state index in [9.17, 15) is 39.8 Å². The molecule has 72 heavy (non-hydrogen) atoms. The topological polar surface area (TPSA) is 192 Å². The van der Waals surface area contributed by atoms with Crippen molar-refractivity contribution in [1.29, 1.82) is 0 Å². The molecule has 410 valence electrons. The van der Waals surface area contributed by atoms with Crippen LogP contribution in [0.1, 0.15) is 181 Å². The smallest absolute Gasteiger partial charge is 0.457 e. The monoisotopic (exact) mass is 1030 g/mol. The van der Waals surface area contributed by atoms with Crippen LogP contribution in [-0.4, -0.2) is 98.9 Å². The Hall–Kier alpha value is -3.26. The van der Waals surface area contributed by atoms with Gasteiger partial charge in [-0.2, -0.15) is 0 Å². The predicted octanol–water partition coefficient (Wildman–Crippen LogP) is 13.0. The zero-order chi connectivity index (χ0) is 52.6. The number of phosphoric ester groups is 1. The van der Waals surface area contributed by atoms with E-state index in [4.69, 9.17) is 18.5 Å². The van der Waals surface area contributed by atoms with E-state index in [0.717, 1.165) is 116 Å². The van der Waals surface area contributed by atoms with Crippen molar-refractivity contribution in [2.24, 2.45) is 0 Å². The van der Waals surface area contributed by atoms with Gasteiger partial charge in [0.1, 0.15) is 42.7 Å². The molecule has 1 aliphatic rings. The van der Waals surface area contributed by atoms with Gasteiger partial charge in [0.25, 0.3) is 0 Å². The summed E-state index contributed by atoms with van der Waals surface area (Å²) in [5, 5.41) is 50.4. The standard InChI is InChI=1S/C59H97O12P/c1-3-5-7-9-11-13-15-17-19-21-23-25-26-27-29-31-33-35-37-39-41-43-45-47-49-68-50-52(51-69-72(66,67)71-59-57(64)55(62)54(61)56(63)58(59)65)70-53(60)48-46-44-42-40-38-36-34-32-30-28-24-22-20-18-16-14-12-10-8-6-4-2/h5,7,11,13,16-19,22-25,27,29-30,32-33,35,39,41,52,54-59,61-65H,3-4,6,8-10,12,14-15,20-21,26,28,31,34,36-38,40,42-51H2,1-2H3,(H,66,67)/b7-5-,13-11-,18-16-,19-17-,24-22-,25-23-,29-27-,32-30-,35-33-,41-39-. The summed E-state index contributed by atoms with van der Waals surface area (Å²) in [6, 6.07) is 0. The SMILES string of the molecule is CC/C=C\C/C=C\C/C=C\C/C=C\C/C=C\C/C=C\C/C=C\CCCCOCC(COP(=O)(O)OC1C(O)C(O)C(O)C(O)C1O)OC(=O)CCCCCCCC/C=C\C/C=C\C/C=C\CCCCCCC. The highest BCUT2D eigenvalue weighted by Crippen LogP contribution is 2.47. The number of aliphatic hydroxyl groups excluding tert-OH is 5. The highest BCUT2D eigenvalue weighted by atomic mass is 31.2. The fourth-order valence-corrected chi connectivity index (χ4v) is 8.49. The Kier molecular flexibility index (Phi) is 44.0. The van der Waals surface area contributed by atoms with Crippen LogP contribution in [-0.2, 0) is 27.9 Å². The predicted molar refractivity (Wildman–Crippen MR) is 294 cm³/mol. The number of phosphoric acid groups is 1. The zero-order valence-electron chi connectivity index (χ0n) is 44.2. The first-order valence-electron chi connectivity index (χ1n) is 27.4. The summed E-state index contributed by atoms with van der Waals surface area (Å²) < 4.78 is 34.3. The minimum Gasteiger partial charge on any atom is -0.457 e. The third kappa shape index (κ3) is 38.3. The number of esters is 1. The van der Waals surface area contributed by atoms with Gasteiger partial charge in [-0.05, 0) is 109 Å². The lowest BCUT2D eigenvalue weighted by molar-refractivity contribution is -0.220. The molecular formula is C59H97O12P. The van der Waals surface area contributed by atoms with Gasteiger partial charge in [0, 0.05) is 13.0 Å². The maximum absolute atomic E-state index is 12.9. The van der Waals surface area contributed by atoms with Gasteiger partial charge in [0.05, 0.1) is 13.2 Å². The molecule has 0 amide bonds. The van der Waals surface area contributed by atoms with Gasteiger partial charge in [-0.25, -0.2) is 4.57 Å². The van der Waals surface area contributed by atoms with E-state index in [-0.39, 0.29) is 13.0 Å². The van der Waals surface area contributed by atoms with Crippen LogP contribution in [0.15, 0.2) is 122 Å². The van der Waals surface area contributed by atoms with E-state index >= 15 is 0 Å². The second-order valence-corrected chi connectivity index (χ2v) is 19.7. The Bertz CT molecular complexity index is 1650. The highest BCUT2D eigenvalue weighted by molar-refractivity contribution is 7.47. The van der Waals surface area contributed by atoms with Gasteiger partial charge in [0.2, 0.25) is 0 Å². The molecule has 0 bridgehead atoms. The van der Waals surface area contributed by atoms with Gasteiger partial charge >= 0.3 is 13.8 Å². The van der Waals surface area contributed by atoms with Crippen LogP contribution >= 0.6 is 7.82 Å².